The molecule has 2 aromatic rings. The third kappa shape index (κ3) is 3.61. The average Bonchev–Trinajstić information content (AvgIpc) is 2.69. The molecule has 5 heteroatoms. The topological polar surface area (TPSA) is 46.9 Å². The molecule has 1 atom stereocenters. The van der Waals surface area contributed by atoms with Gasteiger partial charge in [-0.3, -0.25) is 4.79 Å². The Hall–Kier alpha value is -1.81. The van der Waals surface area contributed by atoms with Crippen LogP contribution in [-0.4, -0.2) is 15.8 Å². The van der Waals surface area contributed by atoms with Crippen molar-refractivity contribution in [1.29, 1.82) is 0 Å². The molecule has 29 heavy (non-hydrogen) atoms. The molecule has 1 aromatic carbocycles. The van der Waals surface area contributed by atoms with Crippen LogP contribution in [0.3, 0.4) is 0 Å². The fraction of sp³-hybridized carbons (Fsp3) is 0.583. The molecule has 0 saturated heterocycles. The third-order valence-electron chi connectivity index (χ3n) is 7.48. The first-order chi connectivity index (χ1) is 14.0. The van der Waals surface area contributed by atoms with Gasteiger partial charge in [0.2, 0.25) is 0 Å². The van der Waals surface area contributed by atoms with Gasteiger partial charge in [-0.15, -0.1) is 0 Å². The summed E-state index contributed by atoms with van der Waals surface area (Å²) in [4.78, 5) is 13.2. The van der Waals surface area contributed by atoms with Crippen molar-refractivity contribution in [3.05, 3.63) is 57.5 Å². The van der Waals surface area contributed by atoms with Gasteiger partial charge in [0, 0.05) is 6.04 Å². The van der Waals surface area contributed by atoms with Gasteiger partial charge >= 0.3 is 0 Å². The van der Waals surface area contributed by atoms with Gasteiger partial charge in [0.05, 0.1) is 17.4 Å². The normalized spacial score (nSPS) is 31.0. The maximum absolute atomic E-state index is 13.2. The quantitative estimate of drug-likeness (QED) is 0.705. The van der Waals surface area contributed by atoms with E-state index in [9.17, 15) is 4.79 Å². The second-order valence-electron chi connectivity index (χ2n) is 9.80. The molecule has 4 nitrogen and oxygen atoms in total. The number of aromatic nitrogens is 2. The van der Waals surface area contributed by atoms with E-state index in [1.54, 1.807) is 10.9 Å². The molecule has 0 radical (unpaired) electrons. The molecular formula is C24H30ClN3O. The predicted molar refractivity (Wildman–Crippen MR) is 118 cm³/mol. The van der Waals surface area contributed by atoms with E-state index in [-0.39, 0.29) is 17.1 Å². The number of anilines is 1. The smallest absolute Gasteiger partial charge is 0.288 e. The highest BCUT2D eigenvalue weighted by Crippen LogP contribution is 2.58. The van der Waals surface area contributed by atoms with E-state index >= 15 is 0 Å². The van der Waals surface area contributed by atoms with E-state index in [1.165, 1.54) is 24.8 Å². The standard InChI is InChI=1S/C24H30ClN3O/c1-16(7-8-17-5-3-2-4-6-17)27-21-15-26-28(23(29)22(21)25)24-12-18-9-19(13-24)11-20(10-18)14-24/h2-6,15-16,18-20,27H,7-14H2,1H3/t16-,18?,19?,20?,24?/m0/s1. The van der Waals surface area contributed by atoms with Gasteiger partial charge in [-0.2, -0.15) is 5.10 Å². The summed E-state index contributed by atoms with van der Waals surface area (Å²) in [5.74, 6) is 2.30. The Kier molecular flexibility index (Phi) is 4.93. The lowest BCUT2D eigenvalue weighted by atomic mass is 9.53. The average molecular weight is 412 g/mol. The molecule has 1 heterocycles. The van der Waals surface area contributed by atoms with Crippen LogP contribution in [0.4, 0.5) is 5.69 Å². The molecule has 4 saturated carbocycles. The van der Waals surface area contributed by atoms with Crippen LogP contribution in [0.1, 0.15) is 57.4 Å². The summed E-state index contributed by atoms with van der Waals surface area (Å²) in [5, 5.41) is 8.37. The van der Waals surface area contributed by atoms with Crippen LogP contribution in [0.2, 0.25) is 5.02 Å². The van der Waals surface area contributed by atoms with Crippen molar-refractivity contribution < 1.29 is 0 Å². The van der Waals surface area contributed by atoms with Crippen LogP contribution in [0.5, 0.6) is 0 Å². The summed E-state index contributed by atoms with van der Waals surface area (Å²) in [6, 6.07) is 10.7. The van der Waals surface area contributed by atoms with Gasteiger partial charge in [-0.05, 0) is 81.6 Å². The number of hydrogen-bond donors (Lipinski definition) is 1. The van der Waals surface area contributed by atoms with Crippen LogP contribution in [0, 0.1) is 17.8 Å². The largest absolute Gasteiger partial charge is 0.380 e. The molecule has 4 aliphatic rings. The molecular weight excluding hydrogens is 382 g/mol. The minimum atomic E-state index is -0.117. The molecule has 4 bridgehead atoms. The molecule has 154 valence electrons. The van der Waals surface area contributed by atoms with Crippen LogP contribution in [0.15, 0.2) is 41.3 Å². The summed E-state index contributed by atoms with van der Waals surface area (Å²) in [5.41, 5.74) is 1.78. The Bertz CT molecular complexity index is 904. The maximum Gasteiger partial charge on any atom is 0.288 e. The Morgan fingerprint density at radius 3 is 2.38 bits per heavy atom. The number of halogens is 1. The van der Waals surface area contributed by atoms with E-state index in [2.05, 4.69) is 41.6 Å². The molecule has 4 fully saturated rings. The highest BCUT2D eigenvalue weighted by atomic mass is 35.5. The minimum Gasteiger partial charge on any atom is -0.380 e. The lowest BCUT2D eigenvalue weighted by molar-refractivity contribution is -0.0518. The van der Waals surface area contributed by atoms with Gasteiger partial charge in [0.15, 0.2) is 0 Å². The Morgan fingerprint density at radius 1 is 1.14 bits per heavy atom. The lowest BCUT2D eigenvalue weighted by Gasteiger charge is -2.56. The number of nitrogens with one attached hydrogen (secondary N) is 1. The second kappa shape index (κ2) is 7.46. The number of aryl methyl sites for hydroxylation is 1. The molecule has 0 unspecified atom stereocenters. The predicted octanol–water partition coefficient (Wildman–Crippen LogP) is 5.26. The summed E-state index contributed by atoms with van der Waals surface area (Å²) < 4.78 is 1.76. The van der Waals surface area contributed by atoms with E-state index in [0.717, 1.165) is 49.9 Å². The van der Waals surface area contributed by atoms with E-state index in [0.29, 0.717) is 10.7 Å². The van der Waals surface area contributed by atoms with E-state index in [4.69, 9.17) is 11.6 Å². The highest BCUT2D eigenvalue weighted by Gasteiger charge is 2.53. The lowest BCUT2D eigenvalue weighted by Crippen LogP contribution is -2.55. The van der Waals surface area contributed by atoms with Crippen molar-refractivity contribution >= 4 is 17.3 Å². The summed E-state index contributed by atoms with van der Waals surface area (Å²) >= 11 is 6.56. The van der Waals surface area contributed by atoms with Crippen molar-refractivity contribution in [2.75, 3.05) is 5.32 Å². The third-order valence-corrected chi connectivity index (χ3v) is 7.85. The number of nitrogens with zero attached hydrogens (tertiary/aromatic N) is 2. The zero-order valence-corrected chi connectivity index (χ0v) is 17.9. The Morgan fingerprint density at radius 2 is 1.76 bits per heavy atom. The van der Waals surface area contributed by atoms with Crippen LogP contribution in [-0.2, 0) is 12.0 Å². The summed E-state index contributed by atoms with van der Waals surface area (Å²) in [6.45, 7) is 2.13. The van der Waals surface area contributed by atoms with Crippen molar-refractivity contribution in [2.45, 2.75) is 69.9 Å². The Balaban J connectivity index is 1.32. The zero-order valence-electron chi connectivity index (χ0n) is 17.1. The fourth-order valence-corrected chi connectivity index (χ4v) is 6.74. The number of hydrogen-bond acceptors (Lipinski definition) is 3. The van der Waals surface area contributed by atoms with Crippen molar-refractivity contribution in [1.82, 2.24) is 9.78 Å². The zero-order chi connectivity index (χ0) is 20.0. The first-order valence-corrected chi connectivity index (χ1v) is 11.5. The second-order valence-corrected chi connectivity index (χ2v) is 10.2. The van der Waals surface area contributed by atoms with Crippen molar-refractivity contribution in [2.24, 2.45) is 17.8 Å². The fourth-order valence-electron chi connectivity index (χ4n) is 6.56. The molecule has 4 aliphatic carbocycles. The summed E-state index contributed by atoms with van der Waals surface area (Å²) in [7, 11) is 0. The number of benzene rings is 1. The van der Waals surface area contributed by atoms with E-state index in [1.807, 2.05) is 6.07 Å². The molecule has 1 N–H and O–H groups in total. The maximum atomic E-state index is 13.2. The van der Waals surface area contributed by atoms with Crippen molar-refractivity contribution in [3.8, 4) is 0 Å². The Labute approximate surface area is 177 Å². The van der Waals surface area contributed by atoms with Crippen LogP contribution < -0.4 is 10.9 Å². The first kappa shape index (κ1) is 19.2. The van der Waals surface area contributed by atoms with Gasteiger partial charge < -0.3 is 5.32 Å². The molecule has 1 aromatic heterocycles. The first-order valence-electron chi connectivity index (χ1n) is 11.1. The summed E-state index contributed by atoms with van der Waals surface area (Å²) in [6.07, 6.45) is 11.1. The highest BCUT2D eigenvalue weighted by molar-refractivity contribution is 6.32. The van der Waals surface area contributed by atoms with Gasteiger partial charge in [0.25, 0.3) is 5.56 Å². The van der Waals surface area contributed by atoms with E-state index < -0.39 is 0 Å². The molecule has 0 spiro atoms. The SMILES string of the molecule is C[C@@H](CCc1ccccc1)Nc1cnn(C23CC4CC(CC(C4)C2)C3)c(=O)c1Cl. The van der Waals surface area contributed by atoms with Crippen LogP contribution in [0.25, 0.3) is 0 Å². The monoisotopic (exact) mass is 411 g/mol. The molecule has 0 amide bonds. The van der Waals surface area contributed by atoms with Crippen LogP contribution >= 0.6 is 11.6 Å². The molecule has 0 aliphatic heterocycles. The van der Waals surface area contributed by atoms with Gasteiger partial charge in [-0.1, -0.05) is 41.9 Å². The van der Waals surface area contributed by atoms with Gasteiger partial charge in [-0.25, -0.2) is 4.68 Å². The van der Waals surface area contributed by atoms with Gasteiger partial charge in [0.1, 0.15) is 5.02 Å². The molecule has 6 rings (SSSR count). The van der Waals surface area contributed by atoms with Crippen molar-refractivity contribution in [3.63, 3.8) is 0 Å². The minimum absolute atomic E-state index is 0.0903. The number of rotatable bonds is 6.